The first kappa shape index (κ1) is 11.1. The van der Waals surface area contributed by atoms with E-state index in [0.29, 0.717) is 6.42 Å². The maximum Gasteiger partial charge on any atom is 0.270 e. The number of carbonyl (C=O) groups excluding carboxylic acids is 1. The fourth-order valence-electron chi connectivity index (χ4n) is 0.901. The lowest BCUT2D eigenvalue weighted by molar-refractivity contribution is -0.116. The summed E-state index contributed by atoms with van der Waals surface area (Å²) in [7, 11) is 1.65. The lowest BCUT2D eigenvalue weighted by Gasteiger charge is -1.98. The predicted octanol–water partition coefficient (Wildman–Crippen LogP) is 0.714. The lowest BCUT2D eigenvalue weighted by Crippen LogP contribution is -2.12. The number of carbonyl (C=O) groups is 1. The van der Waals surface area contributed by atoms with Crippen molar-refractivity contribution in [1.29, 1.82) is 0 Å². The number of halogens is 1. The van der Waals surface area contributed by atoms with Crippen molar-refractivity contribution < 1.29 is 4.79 Å². The summed E-state index contributed by atoms with van der Waals surface area (Å²) in [6, 6.07) is 0. The number of nitrogens with zero attached hydrogens (tertiary/aromatic N) is 4. The number of unbranched alkanes of at least 4 members (excludes halogenated alkanes) is 1. The molecular weight excluding hydrogens is 250 g/mol. The van der Waals surface area contributed by atoms with Gasteiger partial charge in [-0.05, 0) is 18.1 Å². The Hall–Kier alpha value is -0.980. The third-order valence-electron chi connectivity index (χ3n) is 1.55. The van der Waals surface area contributed by atoms with Gasteiger partial charge in [0.05, 0.1) is 7.05 Å². The number of rotatable bonds is 5. The maximum atomic E-state index is 11.3. The van der Waals surface area contributed by atoms with Crippen LogP contribution in [0.3, 0.4) is 0 Å². The molecule has 0 atom stereocenters. The number of nitrogens with one attached hydrogen (secondary N) is 1. The van der Waals surface area contributed by atoms with E-state index in [-0.39, 0.29) is 11.9 Å². The summed E-state index contributed by atoms with van der Waals surface area (Å²) in [4.78, 5) is 12.6. The van der Waals surface area contributed by atoms with Gasteiger partial charge in [0.2, 0.25) is 5.91 Å². The third-order valence-corrected chi connectivity index (χ3v) is 2.11. The van der Waals surface area contributed by atoms with Gasteiger partial charge in [-0.2, -0.15) is 4.80 Å². The second-order valence-corrected chi connectivity index (χ2v) is 3.59. The summed E-state index contributed by atoms with van der Waals surface area (Å²) < 4.78 is 0. The van der Waals surface area contributed by atoms with Crippen molar-refractivity contribution in [3.63, 3.8) is 0 Å². The quantitative estimate of drug-likeness (QED) is 0.626. The standard InChI is InChI=1S/C7H12BrN5O/c1-13-11-7(10-12-13)9-6(14)4-2-3-5-8/h2-5H2,1H3,(H,9,11,14). The monoisotopic (exact) mass is 261 g/mol. The first-order valence-corrected chi connectivity index (χ1v) is 5.44. The fraction of sp³-hybridized carbons (Fsp3) is 0.714. The van der Waals surface area contributed by atoms with Gasteiger partial charge in [0.1, 0.15) is 0 Å². The summed E-state index contributed by atoms with van der Waals surface area (Å²) >= 11 is 3.30. The molecule has 1 rings (SSSR count). The fourth-order valence-corrected chi connectivity index (χ4v) is 1.30. The van der Waals surface area contributed by atoms with Crippen molar-refractivity contribution in [3.05, 3.63) is 0 Å². The average Bonchev–Trinajstić information content (AvgIpc) is 2.52. The highest BCUT2D eigenvalue weighted by Crippen LogP contribution is 2.01. The van der Waals surface area contributed by atoms with Crippen molar-refractivity contribution in [2.45, 2.75) is 19.3 Å². The highest BCUT2D eigenvalue weighted by Gasteiger charge is 2.05. The molecule has 0 radical (unpaired) electrons. The van der Waals surface area contributed by atoms with Gasteiger partial charge in [0.15, 0.2) is 0 Å². The minimum Gasteiger partial charge on any atom is -0.292 e. The molecule has 1 aromatic rings. The number of hydrogen-bond donors (Lipinski definition) is 1. The van der Waals surface area contributed by atoms with E-state index in [9.17, 15) is 4.79 Å². The molecular formula is C7H12BrN5O. The Bertz CT molecular complexity index is 300. The van der Waals surface area contributed by atoms with Crippen LogP contribution in [0, 0.1) is 0 Å². The molecule has 0 fully saturated rings. The van der Waals surface area contributed by atoms with Crippen LogP contribution in [0.5, 0.6) is 0 Å². The molecule has 0 saturated heterocycles. The number of aromatic nitrogens is 4. The van der Waals surface area contributed by atoms with E-state index in [1.807, 2.05) is 0 Å². The molecule has 14 heavy (non-hydrogen) atoms. The molecule has 0 bridgehead atoms. The zero-order chi connectivity index (χ0) is 10.4. The number of amides is 1. The molecule has 0 aliphatic heterocycles. The Morgan fingerprint density at radius 1 is 1.57 bits per heavy atom. The average molecular weight is 262 g/mol. The van der Waals surface area contributed by atoms with Gasteiger partial charge < -0.3 is 0 Å². The SMILES string of the molecule is Cn1nnc(NC(=O)CCCCBr)n1. The van der Waals surface area contributed by atoms with Crippen LogP contribution in [0.4, 0.5) is 5.95 Å². The van der Waals surface area contributed by atoms with Gasteiger partial charge in [0.25, 0.3) is 5.95 Å². The maximum absolute atomic E-state index is 11.3. The van der Waals surface area contributed by atoms with E-state index in [0.717, 1.165) is 18.2 Å². The van der Waals surface area contributed by atoms with Gasteiger partial charge in [0, 0.05) is 11.8 Å². The third kappa shape index (κ3) is 3.82. The summed E-state index contributed by atoms with van der Waals surface area (Å²) in [6.45, 7) is 0. The first-order chi connectivity index (χ1) is 6.72. The normalized spacial score (nSPS) is 10.1. The summed E-state index contributed by atoms with van der Waals surface area (Å²) in [5.41, 5.74) is 0. The lowest BCUT2D eigenvalue weighted by atomic mass is 10.2. The van der Waals surface area contributed by atoms with Crippen molar-refractivity contribution in [2.24, 2.45) is 7.05 Å². The molecule has 0 aromatic carbocycles. The van der Waals surface area contributed by atoms with Gasteiger partial charge in [-0.15, -0.1) is 5.10 Å². The number of anilines is 1. The van der Waals surface area contributed by atoms with Crippen LogP contribution in [-0.2, 0) is 11.8 Å². The molecule has 1 amide bonds. The molecule has 0 unspecified atom stereocenters. The van der Waals surface area contributed by atoms with Crippen molar-refractivity contribution in [2.75, 3.05) is 10.6 Å². The molecule has 0 aliphatic carbocycles. The van der Waals surface area contributed by atoms with Crippen LogP contribution in [-0.4, -0.2) is 31.4 Å². The molecule has 1 N–H and O–H groups in total. The number of alkyl halides is 1. The van der Waals surface area contributed by atoms with E-state index >= 15 is 0 Å². The van der Waals surface area contributed by atoms with E-state index in [1.54, 1.807) is 7.05 Å². The van der Waals surface area contributed by atoms with Gasteiger partial charge in [-0.25, -0.2) is 0 Å². The zero-order valence-electron chi connectivity index (χ0n) is 7.90. The largest absolute Gasteiger partial charge is 0.292 e. The Balaban J connectivity index is 2.27. The highest BCUT2D eigenvalue weighted by molar-refractivity contribution is 9.09. The van der Waals surface area contributed by atoms with E-state index in [2.05, 4.69) is 36.7 Å². The van der Waals surface area contributed by atoms with Crippen molar-refractivity contribution in [1.82, 2.24) is 20.2 Å². The first-order valence-electron chi connectivity index (χ1n) is 4.32. The Kier molecular flexibility index (Phi) is 4.51. The van der Waals surface area contributed by atoms with Gasteiger partial charge in [-0.1, -0.05) is 21.0 Å². The van der Waals surface area contributed by atoms with Crippen LogP contribution in [0.25, 0.3) is 0 Å². The van der Waals surface area contributed by atoms with Crippen LogP contribution in [0.1, 0.15) is 19.3 Å². The van der Waals surface area contributed by atoms with Crippen LogP contribution >= 0.6 is 15.9 Å². The van der Waals surface area contributed by atoms with Gasteiger partial charge >= 0.3 is 0 Å². The Labute approximate surface area is 90.2 Å². The molecule has 0 saturated carbocycles. The Morgan fingerprint density at radius 2 is 2.36 bits per heavy atom. The van der Waals surface area contributed by atoms with Crippen LogP contribution in [0.15, 0.2) is 0 Å². The summed E-state index contributed by atoms with van der Waals surface area (Å²) in [5.74, 6) is 0.190. The van der Waals surface area contributed by atoms with Crippen molar-refractivity contribution >= 4 is 27.8 Å². The minimum absolute atomic E-state index is 0.0704. The molecule has 7 heteroatoms. The van der Waals surface area contributed by atoms with E-state index < -0.39 is 0 Å². The molecule has 1 aromatic heterocycles. The number of hydrogen-bond acceptors (Lipinski definition) is 4. The van der Waals surface area contributed by atoms with Crippen LogP contribution < -0.4 is 5.32 Å². The summed E-state index contributed by atoms with van der Waals surface area (Å²) in [6.07, 6.45) is 2.34. The minimum atomic E-state index is -0.0704. The van der Waals surface area contributed by atoms with E-state index in [4.69, 9.17) is 0 Å². The smallest absolute Gasteiger partial charge is 0.270 e. The summed E-state index contributed by atoms with van der Waals surface area (Å²) in [5, 5.41) is 14.6. The number of aryl methyl sites for hydroxylation is 1. The molecule has 1 heterocycles. The highest BCUT2D eigenvalue weighted by atomic mass is 79.9. The number of tetrazole rings is 1. The second kappa shape index (κ2) is 5.69. The predicted molar refractivity (Wildman–Crippen MR) is 55.1 cm³/mol. The van der Waals surface area contributed by atoms with E-state index in [1.165, 1.54) is 4.80 Å². The van der Waals surface area contributed by atoms with Crippen LogP contribution in [0.2, 0.25) is 0 Å². The molecule has 6 nitrogen and oxygen atoms in total. The topological polar surface area (TPSA) is 72.7 Å². The molecule has 0 spiro atoms. The zero-order valence-corrected chi connectivity index (χ0v) is 9.49. The van der Waals surface area contributed by atoms with Gasteiger partial charge in [-0.3, -0.25) is 10.1 Å². The Morgan fingerprint density at radius 3 is 2.93 bits per heavy atom. The molecule has 78 valence electrons. The second-order valence-electron chi connectivity index (χ2n) is 2.80. The molecule has 0 aliphatic rings. The van der Waals surface area contributed by atoms with Crippen molar-refractivity contribution in [3.8, 4) is 0 Å².